The Morgan fingerprint density at radius 1 is 1.08 bits per heavy atom. The van der Waals surface area contributed by atoms with Crippen LogP contribution in [0.1, 0.15) is 36.2 Å². The fourth-order valence-corrected chi connectivity index (χ4v) is 5.69. The molecule has 0 N–H and O–H groups in total. The number of hydrogen-bond acceptors (Lipinski definition) is 6. The van der Waals surface area contributed by atoms with Gasteiger partial charge in [-0.1, -0.05) is 13.8 Å². The highest BCUT2D eigenvalue weighted by Crippen LogP contribution is 2.26. The third-order valence-corrected chi connectivity index (χ3v) is 7.61. The van der Waals surface area contributed by atoms with Crippen molar-refractivity contribution in [2.45, 2.75) is 37.8 Å². The van der Waals surface area contributed by atoms with Gasteiger partial charge in [-0.05, 0) is 26.0 Å². The van der Waals surface area contributed by atoms with Crippen LogP contribution in [0.15, 0.2) is 22.4 Å². The van der Waals surface area contributed by atoms with Crippen molar-refractivity contribution in [1.29, 1.82) is 0 Å². The molecule has 0 atom stereocenters. The van der Waals surface area contributed by atoms with Crippen LogP contribution in [-0.2, 0) is 10.0 Å². The van der Waals surface area contributed by atoms with Gasteiger partial charge in [0.05, 0.1) is 0 Å². The fraction of sp³-hybridized carbons (Fsp3) is 0.529. The molecule has 8 heteroatoms. The lowest BCUT2D eigenvalue weighted by molar-refractivity contribution is 0.384. The van der Waals surface area contributed by atoms with Crippen LogP contribution >= 0.6 is 11.3 Å². The minimum Gasteiger partial charge on any atom is -0.354 e. The minimum atomic E-state index is -3.38. The molecule has 0 spiro atoms. The molecule has 3 heterocycles. The van der Waals surface area contributed by atoms with E-state index in [1.54, 1.807) is 10.4 Å². The molecule has 0 bridgehead atoms. The molecular formula is C17H24N4O2S2. The van der Waals surface area contributed by atoms with Crippen molar-refractivity contribution < 1.29 is 8.42 Å². The molecule has 0 unspecified atom stereocenters. The number of sulfonamides is 1. The van der Waals surface area contributed by atoms with Crippen LogP contribution in [0.25, 0.3) is 0 Å². The Hall–Kier alpha value is -1.51. The molecule has 3 rings (SSSR count). The lowest BCUT2D eigenvalue weighted by Crippen LogP contribution is -2.48. The molecule has 1 aliphatic rings. The fourth-order valence-electron chi connectivity index (χ4n) is 2.83. The van der Waals surface area contributed by atoms with E-state index in [1.807, 2.05) is 26.0 Å². The summed E-state index contributed by atoms with van der Waals surface area (Å²) < 4.78 is 27.5. The number of hydrogen-bond donors (Lipinski definition) is 0. The van der Waals surface area contributed by atoms with E-state index in [-0.39, 0.29) is 5.92 Å². The van der Waals surface area contributed by atoms with Crippen LogP contribution in [0, 0.1) is 13.8 Å². The first-order chi connectivity index (χ1) is 11.8. The molecule has 1 fully saturated rings. The number of thiophene rings is 1. The molecule has 6 nitrogen and oxygen atoms in total. The average molecular weight is 381 g/mol. The van der Waals surface area contributed by atoms with Crippen molar-refractivity contribution >= 4 is 27.2 Å². The molecule has 0 aliphatic carbocycles. The summed E-state index contributed by atoms with van der Waals surface area (Å²) in [6.07, 6.45) is 0. The summed E-state index contributed by atoms with van der Waals surface area (Å²) in [6, 6.07) is 5.52. The van der Waals surface area contributed by atoms with Crippen LogP contribution in [0.2, 0.25) is 0 Å². The lowest BCUT2D eigenvalue weighted by atomic mass is 10.2. The van der Waals surface area contributed by atoms with Crippen molar-refractivity contribution in [3.8, 4) is 0 Å². The zero-order valence-electron chi connectivity index (χ0n) is 15.1. The third-order valence-electron chi connectivity index (χ3n) is 4.25. The van der Waals surface area contributed by atoms with Crippen LogP contribution in [0.4, 0.5) is 5.82 Å². The average Bonchev–Trinajstić information content (AvgIpc) is 3.01. The number of piperazine rings is 1. The van der Waals surface area contributed by atoms with Gasteiger partial charge in [-0.15, -0.1) is 11.3 Å². The van der Waals surface area contributed by atoms with Gasteiger partial charge in [-0.2, -0.15) is 4.31 Å². The first-order valence-electron chi connectivity index (χ1n) is 8.44. The van der Waals surface area contributed by atoms with E-state index in [0.29, 0.717) is 30.4 Å². The second kappa shape index (κ2) is 7.01. The highest BCUT2D eigenvalue weighted by Gasteiger charge is 2.30. The van der Waals surface area contributed by atoms with Gasteiger partial charge < -0.3 is 4.90 Å². The van der Waals surface area contributed by atoms with E-state index in [2.05, 4.69) is 28.7 Å². The number of rotatable bonds is 4. The normalized spacial score (nSPS) is 16.6. The van der Waals surface area contributed by atoms with E-state index in [1.165, 1.54) is 11.3 Å². The SMILES string of the molecule is Cc1cc(N2CCN(S(=O)(=O)c3ccc(C)s3)CC2)nc(C(C)C)n1. The van der Waals surface area contributed by atoms with Crippen molar-refractivity contribution in [3.63, 3.8) is 0 Å². The molecule has 136 valence electrons. The zero-order valence-corrected chi connectivity index (χ0v) is 16.7. The molecule has 1 saturated heterocycles. The Bertz CT molecular complexity index is 853. The van der Waals surface area contributed by atoms with E-state index >= 15 is 0 Å². The van der Waals surface area contributed by atoms with Gasteiger partial charge in [0.2, 0.25) is 0 Å². The highest BCUT2D eigenvalue weighted by molar-refractivity contribution is 7.91. The Morgan fingerprint density at radius 2 is 1.76 bits per heavy atom. The quantitative estimate of drug-likeness (QED) is 0.816. The van der Waals surface area contributed by atoms with Gasteiger partial charge in [0.1, 0.15) is 15.9 Å². The molecular weight excluding hydrogens is 356 g/mol. The van der Waals surface area contributed by atoms with Crippen LogP contribution in [0.5, 0.6) is 0 Å². The third kappa shape index (κ3) is 3.86. The maximum absolute atomic E-state index is 12.7. The van der Waals surface area contributed by atoms with Crippen molar-refractivity contribution in [3.05, 3.63) is 34.6 Å². The first-order valence-corrected chi connectivity index (χ1v) is 10.7. The molecule has 0 aromatic carbocycles. The first kappa shape index (κ1) is 18.3. The maximum atomic E-state index is 12.7. The Kier molecular flexibility index (Phi) is 5.13. The van der Waals surface area contributed by atoms with E-state index in [9.17, 15) is 8.42 Å². The molecule has 2 aromatic rings. The minimum absolute atomic E-state index is 0.266. The second-order valence-corrected chi connectivity index (χ2v) is 10.1. The van der Waals surface area contributed by atoms with E-state index < -0.39 is 10.0 Å². The summed E-state index contributed by atoms with van der Waals surface area (Å²) in [7, 11) is -3.38. The van der Waals surface area contributed by atoms with Crippen LogP contribution in [-0.4, -0.2) is 48.9 Å². The standard InChI is InChI=1S/C17H24N4O2S2/c1-12(2)17-18-13(3)11-15(19-17)20-7-9-21(10-8-20)25(22,23)16-6-5-14(4)24-16/h5-6,11-12H,7-10H2,1-4H3. The molecule has 2 aromatic heterocycles. The Balaban J connectivity index is 1.74. The largest absolute Gasteiger partial charge is 0.354 e. The van der Waals surface area contributed by atoms with Gasteiger partial charge in [-0.3, -0.25) is 0 Å². The van der Waals surface area contributed by atoms with Crippen molar-refractivity contribution in [2.75, 3.05) is 31.1 Å². The molecule has 25 heavy (non-hydrogen) atoms. The predicted octanol–water partition coefficient (Wildman–Crippen LogP) is 2.79. The number of anilines is 1. The Morgan fingerprint density at radius 3 is 2.32 bits per heavy atom. The lowest BCUT2D eigenvalue weighted by Gasteiger charge is -2.34. The second-order valence-electron chi connectivity index (χ2n) is 6.64. The number of aromatic nitrogens is 2. The van der Waals surface area contributed by atoms with Crippen molar-refractivity contribution in [1.82, 2.24) is 14.3 Å². The highest BCUT2D eigenvalue weighted by atomic mass is 32.2. The van der Waals surface area contributed by atoms with Gasteiger partial charge in [0.25, 0.3) is 10.0 Å². The monoisotopic (exact) mass is 380 g/mol. The number of nitrogens with zero attached hydrogens (tertiary/aromatic N) is 4. The van der Waals surface area contributed by atoms with Crippen molar-refractivity contribution in [2.24, 2.45) is 0 Å². The smallest absolute Gasteiger partial charge is 0.252 e. The van der Waals surface area contributed by atoms with Gasteiger partial charge >= 0.3 is 0 Å². The summed E-state index contributed by atoms with van der Waals surface area (Å²) in [4.78, 5) is 12.3. The van der Waals surface area contributed by atoms with Crippen LogP contribution in [0.3, 0.4) is 0 Å². The van der Waals surface area contributed by atoms with E-state index in [0.717, 1.165) is 22.2 Å². The van der Waals surface area contributed by atoms with Crippen LogP contribution < -0.4 is 4.90 Å². The van der Waals surface area contributed by atoms with Gasteiger partial charge in [-0.25, -0.2) is 18.4 Å². The molecule has 1 aliphatic heterocycles. The zero-order chi connectivity index (χ0) is 18.2. The number of aryl methyl sites for hydroxylation is 2. The predicted molar refractivity (Wildman–Crippen MR) is 101 cm³/mol. The summed E-state index contributed by atoms with van der Waals surface area (Å²) in [6.45, 7) is 10.3. The summed E-state index contributed by atoms with van der Waals surface area (Å²) in [5.74, 6) is 1.99. The molecule has 0 amide bonds. The summed E-state index contributed by atoms with van der Waals surface area (Å²) >= 11 is 1.33. The van der Waals surface area contributed by atoms with E-state index in [4.69, 9.17) is 0 Å². The molecule has 0 saturated carbocycles. The molecule has 0 radical (unpaired) electrons. The van der Waals surface area contributed by atoms with Gasteiger partial charge in [0.15, 0.2) is 0 Å². The maximum Gasteiger partial charge on any atom is 0.252 e. The topological polar surface area (TPSA) is 66.4 Å². The van der Waals surface area contributed by atoms with Gasteiger partial charge in [0, 0.05) is 48.7 Å². The Labute approximate surface area is 153 Å². The summed E-state index contributed by atoms with van der Waals surface area (Å²) in [5, 5.41) is 0. The summed E-state index contributed by atoms with van der Waals surface area (Å²) in [5.41, 5.74) is 0.942.